The summed E-state index contributed by atoms with van der Waals surface area (Å²) in [4.78, 5) is 105. The first-order chi connectivity index (χ1) is 47.9. The Morgan fingerprint density at radius 1 is 0.376 bits per heavy atom. The number of ether oxygens (including phenoxy) is 2. The van der Waals surface area contributed by atoms with E-state index in [-0.39, 0.29) is 102 Å². The molecule has 0 radical (unpaired) electrons. The molecule has 0 aliphatic carbocycles. The van der Waals surface area contributed by atoms with Crippen LogP contribution in [0.5, 0.6) is 0 Å². The summed E-state index contributed by atoms with van der Waals surface area (Å²) >= 11 is 3.45. The van der Waals surface area contributed by atoms with Crippen molar-refractivity contribution >= 4 is 63.6 Å². The van der Waals surface area contributed by atoms with E-state index in [0.29, 0.717) is 66.1 Å². The number of hydrogen-bond donors (Lipinski definition) is 4. The quantitative estimate of drug-likeness (QED) is 0.0182. The number of carbonyl (C=O) groups excluding carboxylic acids is 8. The van der Waals surface area contributed by atoms with E-state index in [2.05, 4.69) is 116 Å². The Morgan fingerprint density at radius 2 is 0.596 bits per heavy atom. The minimum atomic E-state index is -0.477. The Hall–Kier alpha value is -5.78. The number of nitrogens with zero attached hydrogens (tertiary/aromatic N) is 10. The second kappa shape index (κ2) is 54.0. The van der Waals surface area contributed by atoms with Gasteiger partial charge in [0.25, 0.3) is 35.4 Å². The first kappa shape index (κ1) is 112. The third-order valence-electron chi connectivity index (χ3n) is 17.9. The minimum absolute atomic E-state index is 0. The van der Waals surface area contributed by atoms with Crippen molar-refractivity contribution in [2.24, 2.45) is 11.5 Å². The van der Waals surface area contributed by atoms with Crippen LogP contribution in [-0.4, -0.2) is 334 Å². The van der Waals surface area contributed by atoms with Gasteiger partial charge in [0, 0.05) is 89.4 Å². The van der Waals surface area contributed by atoms with Crippen molar-refractivity contribution in [2.75, 3.05) is 228 Å². The maximum atomic E-state index is 12.5. The predicted octanol–water partition coefficient (Wildman–Crippen LogP) is 8.77. The van der Waals surface area contributed by atoms with Gasteiger partial charge in [0.05, 0.1) is 169 Å². The third-order valence-corrected chi connectivity index (χ3v) is 18.4. The van der Waals surface area contributed by atoms with Crippen LogP contribution in [0.25, 0.3) is 0 Å². The monoisotopic (exact) mass is 1670 g/mol. The van der Waals surface area contributed by atoms with Crippen molar-refractivity contribution in [1.29, 1.82) is 0 Å². The predicted molar refractivity (Wildman–Crippen MR) is 452 cm³/mol. The Bertz CT molecular complexity index is 3030. The topological polar surface area (TPSA) is 247 Å². The van der Waals surface area contributed by atoms with E-state index in [1.807, 2.05) is 60.5 Å². The second-order valence-electron chi connectivity index (χ2n) is 33.1. The summed E-state index contributed by atoms with van der Waals surface area (Å²) in [6.07, 6.45) is 9.17. The average molecular weight is 1670 g/mol. The van der Waals surface area contributed by atoms with Crippen molar-refractivity contribution < 1.29 is 87.2 Å². The smallest absolute Gasteiger partial charge is 0.407 e. The molecule has 0 aromatic heterocycles. The van der Waals surface area contributed by atoms with Gasteiger partial charge in [-0.05, 0) is 145 Å². The number of fused-ring (bicyclic) bond motifs is 3. The van der Waals surface area contributed by atoms with E-state index in [9.17, 15) is 38.4 Å². The van der Waals surface area contributed by atoms with Crippen LogP contribution in [0.15, 0.2) is 72.8 Å². The van der Waals surface area contributed by atoms with Gasteiger partial charge in [-0.3, -0.25) is 43.5 Å². The number of halogens is 2. The number of amides is 8. The number of nitrogens with two attached hydrogens (primary N) is 2. The number of alkyl carbamates (subject to hydrolysis) is 2. The molecule has 0 bridgehead atoms. The summed E-state index contributed by atoms with van der Waals surface area (Å²) in [6.45, 7) is 28.0. The van der Waals surface area contributed by atoms with Gasteiger partial charge in [-0.2, -0.15) is 0 Å². The van der Waals surface area contributed by atoms with E-state index < -0.39 is 11.2 Å². The molecule has 3 aromatic rings. The number of benzene rings is 3. The fourth-order valence-electron chi connectivity index (χ4n) is 12.0. The number of alkyl halides is 1. The SMILES string of the molecule is C.C.C.C.C.CC(C)(C)OC(=O)NCCC[N+](C)(C)CCC[N+](C)(C)CCCN.CC(C)(C)OC(=O)NCCC[N+](C)(C)CCC[N+](C)(C)CCCN1C(=O)c2ccccc2C1=O.CN(C)CCCN.CN(C)CCCN1C(=O)c2ccccc2C1=O.C[N+](C)(CCCBr)CCCN1C(=O)c2ccccc2C1=O.[Br-]. The van der Waals surface area contributed by atoms with Gasteiger partial charge in [-0.1, -0.05) is 89.5 Å². The van der Waals surface area contributed by atoms with Gasteiger partial charge < -0.3 is 80.8 Å². The molecule has 0 atom stereocenters. The van der Waals surface area contributed by atoms with Gasteiger partial charge >= 0.3 is 12.2 Å². The highest BCUT2D eigenvalue weighted by Crippen LogP contribution is 2.26. The molecule has 8 amide bonds. The number of nitrogens with one attached hydrogen (secondary N) is 2. The molecule has 0 saturated heterocycles. The highest BCUT2D eigenvalue weighted by molar-refractivity contribution is 9.09. The van der Waals surface area contributed by atoms with Crippen molar-refractivity contribution in [3.8, 4) is 0 Å². The van der Waals surface area contributed by atoms with E-state index in [4.69, 9.17) is 20.9 Å². The van der Waals surface area contributed by atoms with Crippen molar-refractivity contribution in [2.45, 2.75) is 154 Å². The van der Waals surface area contributed by atoms with Crippen molar-refractivity contribution in [3.05, 3.63) is 106 Å². The van der Waals surface area contributed by atoms with Crippen molar-refractivity contribution in [3.63, 3.8) is 0 Å². The Balaban J connectivity index is -0.000000430. The summed E-state index contributed by atoms with van der Waals surface area (Å²) in [5.41, 5.74) is 13.1. The summed E-state index contributed by atoms with van der Waals surface area (Å²) in [5, 5.41) is 6.66. The van der Waals surface area contributed by atoms with Crippen LogP contribution >= 0.6 is 15.9 Å². The lowest BCUT2D eigenvalue weighted by molar-refractivity contribution is -0.909. The van der Waals surface area contributed by atoms with Gasteiger partial charge in [-0.15, -0.1) is 0 Å². The van der Waals surface area contributed by atoms with Gasteiger partial charge in [0.2, 0.25) is 0 Å². The van der Waals surface area contributed by atoms with Gasteiger partial charge in [0.1, 0.15) is 11.2 Å². The third kappa shape index (κ3) is 44.9. The molecule has 3 aromatic carbocycles. The first-order valence-corrected chi connectivity index (χ1v) is 38.2. The lowest BCUT2D eigenvalue weighted by atomic mass is 10.1. The van der Waals surface area contributed by atoms with Gasteiger partial charge in [0.15, 0.2) is 0 Å². The maximum Gasteiger partial charge on any atom is 0.407 e. The molecule has 630 valence electrons. The zero-order chi connectivity index (χ0) is 78.0. The molecule has 6 N–H and O–H groups in total. The summed E-state index contributed by atoms with van der Waals surface area (Å²) in [5.74, 6) is -0.978. The fourth-order valence-corrected chi connectivity index (χ4v) is 12.3. The molecule has 0 spiro atoms. The lowest BCUT2D eigenvalue weighted by Crippen LogP contribution is -3.00. The van der Waals surface area contributed by atoms with E-state index in [1.54, 1.807) is 72.8 Å². The normalized spacial score (nSPS) is 13.1. The molecular formula is C83H158Br2N14O10+4. The highest BCUT2D eigenvalue weighted by atomic mass is 79.9. The first-order valence-electron chi connectivity index (χ1n) is 37.1. The van der Waals surface area contributed by atoms with E-state index in [0.717, 1.165) is 171 Å². The molecule has 26 heteroatoms. The van der Waals surface area contributed by atoms with Crippen LogP contribution in [0.1, 0.15) is 205 Å². The Labute approximate surface area is 682 Å². The average Bonchev–Trinajstić information content (AvgIpc) is 1.66. The molecule has 3 heterocycles. The minimum Gasteiger partial charge on any atom is -1.00 e. The highest BCUT2D eigenvalue weighted by Gasteiger charge is 2.38. The number of rotatable bonds is 37. The van der Waals surface area contributed by atoms with E-state index in [1.165, 1.54) is 27.7 Å². The number of quaternary nitrogens is 5. The van der Waals surface area contributed by atoms with Crippen LogP contribution in [0, 0.1) is 0 Å². The molecule has 0 saturated carbocycles. The van der Waals surface area contributed by atoms with Crippen LogP contribution in [0.2, 0.25) is 0 Å². The molecule has 3 aliphatic rings. The maximum absolute atomic E-state index is 12.5. The Kier molecular flexibility index (Phi) is 55.4. The molecule has 3 aliphatic heterocycles. The van der Waals surface area contributed by atoms with Crippen molar-refractivity contribution in [1.82, 2.24) is 35.1 Å². The van der Waals surface area contributed by atoms with Crippen LogP contribution in [0.3, 0.4) is 0 Å². The second-order valence-corrected chi connectivity index (χ2v) is 33.9. The molecule has 0 unspecified atom stereocenters. The zero-order valence-electron chi connectivity index (χ0n) is 67.6. The number of imide groups is 3. The van der Waals surface area contributed by atoms with Gasteiger partial charge in [-0.25, -0.2) is 9.59 Å². The van der Waals surface area contributed by atoms with E-state index >= 15 is 0 Å². The molecule has 109 heavy (non-hydrogen) atoms. The summed E-state index contributed by atoms with van der Waals surface area (Å²) in [7, 11) is 30.3. The molecule has 0 fully saturated rings. The molecule has 24 nitrogen and oxygen atoms in total. The summed E-state index contributed by atoms with van der Waals surface area (Å²) < 4.78 is 15.2. The van der Waals surface area contributed by atoms with Crippen LogP contribution in [-0.2, 0) is 9.47 Å². The standard InChI is InChI=1S/C26H43N4O4.C18H41N4O2.C16H22BrN2O2.C13H16N2O2.C5H14N2.5CH4.BrH/c1-26(2,3)34-25(33)27-15-10-17-29(4,5)19-12-20-30(6,7)18-11-16-28-23(31)21-13-8-9-14-22(21)24(28)32;1-18(2,3)24-17(23)20-12-9-14-22(6,7)16-10-15-21(4,5)13-8-11-19;1-19(2,11-5-9-17)12-6-10-18-15(20)13-7-3-4-8-14(13)16(18)21;1-14(2)8-5-9-15-12(16)10-6-3-4-7-11(10)13(15)17;1-7(2)5-3-4-6;;;;;;/h8-9,13-14H,10-12,15-20H2,1-7H3;8-16,19H2,1-7H3;3-4,7-8H,5-6,9-12H2,1-2H3;3-4,6-7H,5,8-9H2,1-2H3;3-6H2,1-2H3;5*1H4;1H/q3*+1;;;;;;;;/p+1. The van der Waals surface area contributed by atoms with Crippen LogP contribution < -0.4 is 39.1 Å². The largest absolute Gasteiger partial charge is 1.00 e. The molecule has 6 rings (SSSR count). The fraction of sp³-hybridized carbons (Fsp3) is 0.687. The Morgan fingerprint density at radius 3 is 0.826 bits per heavy atom. The molecular weight excluding hydrogens is 1510 g/mol. The number of hydrogen-bond acceptors (Lipinski definition) is 14. The number of carbonyl (C=O) groups is 8. The summed E-state index contributed by atoms with van der Waals surface area (Å²) in [6, 6.07) is 21.1. The zero-order valence-corrected chi connectivity index (χ0v) is 70.8. The van der Waals surface area contributed by atoms with Crippen LogP contribution in [0.4, 0.5) is 9.59 Å². The lowest BCUT2D eigenvalue weighted by Gasteiger charge is -2.34.